The van der Waals surface area contributed by atoms with E-state index in [2.05, 4.69) is 15.7 Å². The highest BCUT2D eigenvalue weighted by molar-refractivity contribution is 6.34. The summed E-state index contributed by atoms with van der Waals surface area (Å²) in [5.74, 6) is 1.56. The summed E-state index contributed by atoms with van der Waals surface area (Å²) in [7, 11) is 3.09. The van der Waals surface area contributed by atoms with Gasteiger partial charge in [0.2, 0.25) is 6.41 Å². The highest BCUT2D eigenvalue weighted by Crippen LogP contribution is 2.37. The zero-order valence-corrected chi connectivity index (χ0v) is 19.9. The van der Waals surface area contributed by atoms with Crippen molar-refractivity contribution in [2.75, 3.05) is 24.5 Å². The molecule has 1 aromatic heterocycles. The monoisotopic (exact) mass is 510 g/mol. The molecule has 0 saturated carbocycles. The fraction of sp³-hybridized carbons (Fsp3) is 0.0800. The minimum atomic E-state index is -0.717. The molecule has 0 aliphatic rings. The smallest absolute Gasteiger partial charge is 0.345 e. The molecule has 3 amide bonds. The molecule has 0 radical (unpaired) electrons. The number of halogens is 2. The molecule has 184 valence electrons. The van der Waals surface area contributed by atoms with Crippen molar-refractivity contribution in [1.29, 1.82) is 0 Å². The summed E-state index contributed by atoms with van der Waals surface area (Å²) in [6.45, 7) is 0. The Hall–Kier alpha value is -4.57. The average Bonchev–Trinajstić information content (AvgIpc) is 2.88. The van der Waals surface area contributed by atoms with Gasteiger partial charge < -0.3 is 19.5 Å². The van der Waals surface area contributed by atoms with E-state index in [9.17, 15) is 14.0 Å². The van der Waals surface area contributed by atoms with Crippen LogP contribution in [0.5, 0.6) is 23.0 Å². The molecule has 0 unspecified atom stereocenters. The number of nitrogens with zero attached hydrogens (tertiary/aromatic N) is 2. The second kappa shape index (κ2) is 10.8. The number of aromatic nitrogens is 1. The van der Waals surface area contributed by atoms with Gasteiger partial charge in [-0.3, -0.25) is 15.2 Å². The normalized spacial score (nSPS) is 10.4. The molecule has 0 bridgehead atoms. The lowest BCUT2D eigenvalue weighted by molar-refractivity contribution is -0.109. The van der Waals surface area contributed by atoms with Gasteiger partial charge in [0, 0.05) is 23.3 Å². The van der Waals surface area contributed by atoms with E-state index in [1.165, 1.54) is 6.07 Å². The van der Waals surface area contributed by atoms with Gasteiger partial charge in [-0.2, -0.15) is 0 Å². The Balaban J connectivity index is 1.52. The van der Waals surface area contributed by atoms with Gasteiger partial charge in [-0.1, -0.05) is 11.6 Å². The van der Waals surface area contributed by atoms with E-state index < -0.39 is 11.8 Å². The minimum absolute atomic E-state index is 0.0536. The molecule has 2 N–H and O–H groups in total. The van der Waals surface area contributed by atoms with Crippen molar-refractivity contribution in [3.05, 3.63) is 77.7 Å². The van der Waals surface area contributed by atoms with Gasteiger partial charge in [-0.05, 0) is 54.6 Å². The lowest BCUT2D eigenvalue weighted by Gasteiger charge is -2.22. The Kier molecular flexibility index (Phi) is 7.36. The highest BCUT2D eigenvalue weighted by atomic mass is 35.5. The fourth-order valence-corrected chi connectivity index (χ4v) is 3.65. The molecule has 0 fully saturated rings. The van der Waals surface area contributed by atoms with Gasteiger partial charge in [-0.25, -0.2) is 14.2 Å². The molecular weight excluding hydrogens is 491 g/mol. The van der Waals surface area contributed by atoms with Crippen molar-refractivity contribution >= 4 is 46.3 Å². The molecule has 36 heavy (non-hydrogen) atoms. The number of benzene rings is 3. The second-order valence-electron chi connectivity index (χ2n) is 7.27. The number of fused-ring (bicyclic) bond motifs is 1. The van der Waals surface area contributed by atoms with E-state index in [0.29, 0.717) is 40.6 Å². The van der Waals surface area contributed by atoms with Crippen LogP contribution >= 0.6 is 11.6 Å². The van der Waals surface area contributed by atoms with Crippen LogP contribution in [-0.4, -0.2) is 31.6 Å². The third kappa shape index (κ3) is 5.23. The third-order valence-electron chi connectivity index (χ3n) is 5.08. The molecule has 11 heteroatoms. The summed E-state index contributed by atoms with van der Waals surface area (Å²) >= 11 is 6.03. The Bertz CT molecular complexity index is 1420. The lowest BCUT2D eigenvalue weighted by Crippen LogP contribution is -2.45. The molecule has 4 aromatic rings. The standard InChI is InChI=1S/C25H20ClFN4O5/c1-34-23-12-18-20(13-24(23)35-2)28-10-9-22(18)36-17-6-4-16(5-7-17)30-25(33)31(29-14-32)21-8-3-15(27)11-19(21)26/h3-14H,1-2H3,(H,29,32)(H,30,33). The first-order valence-electron chi connectivity index (χ1n) is 10.5. The Morgan fingerprint density at radius 3 is 2.39 bits per heavy atom. The van der Waals surface area contributed by atoms with Crippen molar-refractivity contribution in [3.63, 3.8) is 0 Å². The summed E-state index contributed by atoms with van der Waals surface area (Å²) < 4.78 is 30.1. The van der Waals surface area contributed by atoms with Crippen molar-refractivity contribution < 1.29 is 28.2 Å². The second-order valence-corrected chi connectivity index (χ2v) is 7.68. The van der Waals surface area contributed by atoms with Crippen LogP contribution in [0.1, 0.15) is 0 Å². The number of carbonyl (C=O) groups excluding carboxylic acids is 2. The van der Waals surface area contributed by atoms with E-state index >= 15 is 0 Å². The van der Waals surface area contributed by atoms with Crippen LogP contribution in [0.15, 0.2) is 66.9 Å². The van der Waals surface area contributed by atoms with Gasteiger partial charge in [0.1, 0.15) is 17.3 Å². The quantitative estimate of drug-likeness (QED) is 0.238. The Labute approximate surface area is 210 Å². The highest BCUT2D eigenvalue weighted by Gasteiger charge is 2.19. The zero-order chi connectivity index (χ0) is 25.7. The molecule has 0 aliphatic carbocycles. The number of hydrogen-bond donors (Lipinski definition) is 2. The SMILES string of the molecule is COc1cc2nccc(Oc3ccc(NC(=O)N(NC=O)c4ccc(F)cc4Cl)cc3)c2cc1OC. The molecule has 4 rings (SSSR count). The van der Waals surface area contributed by atoms with E-state index in [1.54, 1.807) is 62.9 Å². The number of pyridine rings is 1. The predicted octanol–water partition coefficient (Wildman–Crippen LogP) is 5.54. The van der Waals surface area contributed by atoms with Crippen molar-refractivity contribution in [3.8, 4) is 23.0 Å². The molecule has 0 atom stereocenters. The van der Waals surface area contributed by atoms with Gasteiger partial charge >= 0.3 is 6.03 Å². The number of ether oxygens (including phenoxy) is 3. The van der Waals surface area contributed by atoms with Crippen molar-refractivity contribution in [2.45, 2.75) is 0 Å². The van der Waals surface area contributed by atoms with Crippen molar-refractivity contribution in [1.82, 2.24) is 10.4 Å². The number of methoxy groups -OCH3 is 2. The third-order valence-corrected chi connectivity index (χ3v) is 5.38. The predicted molar refractivity (Wildman–Crippen MR) is 133 cm³/mol. The Morgan fingerprint density at radius 2 is 1.72 bits per heavy atom. The van der Waals surface area contributed by atoms with Crippen LogP contribution in [0.25, 0.3) is 10.9 Å². The van der Waals surface area contributed by atoms with E-state index in [-0.39, 0.29) is 10.7 Å². The minimum Gasteiger partial charge on any atom is -0.493 e. The van der Waals surface area contributed by atoms with Gasteiger partial charge in [0.25, 0.3) is 0 Å². The summed E-state index contributed by atoms with van der Waals surface area (Å²) in [5, 5.41) is 4.17. The van der Waals surface area contributed by atoms with Crippen molar-refractivity contribution in [2.24, 2.45) is 0 Å². The van der Waals surface area contributed by atoms with E-state index in [4.69, 9.17) is 25.8 Å². The first kappa shape index (κ1) is 24.6. The molecule has 0 saturated heterocycles. The zero-order valence-electron chi connectivity index (χ0n) is 19.1. The summed E-state index contributed by atoms with van der Waals surface area (Å²) in [4.78, 5) is 28.1. The number of rotatable bonds is 8. The van der Waals surface area contributed by atoms with Gasteiger partial charge in [0.05, 0.1) is 30.4 Å². The average molecular weight is 511 g/mol. The fourth-order valence-electron chi connectivity index (χ4n) is 3.40. The van der Waals surface area contributed by atoms with Crippen LogP contribution in [-0.2, 0) is 4.79 Å². The van der Waals surface area contributed by atoms with E-state index in [1.807, 2.05) is 0 Å². The summed E-state index contributed by atoms with van der Waals surface area (Å²) in [6.07, 6.45) is 1.92. The molecule has 0 aliphatic heterocycles. The Morgan fingerprint density at radius 1 is 1.00 bits per heavy atom. The topological polar surface area (TPSA) is 102 Å². The molecular formula is C25H20ClFN4O5. The first-order valence-corrected chi connectivity index (χ1v) is 10.9. The maximum absolute atomic E-state index is 13.4. The largest absolute Gasteiger partial charge is 0.493 e. The first-order chi connectivity index (χ1) is 17.4. The number of nitrogens with one attached hydrogen (secondary N) is 2. The molecule has 3 aromatic carbocycles. The lowest BCUT2D eigenvalue weighted by atomic mass is 10.2. The van der Waals surface area contributed by atoms with Crippen LogP contribution in [0.3, 0.4) is 0 Å². The summed E-state index contributed by atoms with van der Waals surface area (Å²) in [6, 6.07) is 14.5. The molecule has 1 heterocycles. The van der Waals surface area contributed by atoms with Crippen LogP contribution < -0.4 is 30.0 Å². The van der Waals surface area contributed by atoms with Crippen LogP contribution in [0, 0.1) is 5.82 Å². The number of anilines is 2. The molecule has 0 spiro atoms. The number of amides is 3. The van der Waals surface area contributed by atoms with Gasteiger partial charge in [0.15, 0.2) is 11.5 Å². The summed E-state index contributed by atoms with van der Waals surface area (Å²) in [5.41, 5.74) is 3.41. The number of urea groups is 1. The van der Waals surface area contributed by atoms with E-state index in [0.717, 1.165) is 22.5 Å². The number of hydrogen-bond acceptors (Lipinski definition) is 6. The maximum Gasteiger partial charge on any atom is 0.345 e. The number of hydrazine groups is 1. The maximum atomic E-state index is 13.4. The van der Waals surface area contributed by atoms with Crippen LogP contribution in [0.2, 0.25) is 5.02 Å². The number of carbonyl (C=O) groups is 2. The molecule has 9 nitrogen and oxygen atoms in total. The van der Waals surface area contributed by atoms with Crippen LogP contribution in [0.4, 0.5) is 20.6 Å². The van der Waals surface area contributed by atoms with Gasteiger partial charge in [-0.15, -0.1) is 0 Å².